The molecule has 1 aromatic heterocycles. The summed E-state index contributed by atoms with van der Waals surface area (Å²) in [6.07, 6.45) is 0.529. The van der Waals surface area contributed by atoms with Gasteiger partial charge in [0.2, 0.25) is 11.8 Å². The summed E-state index contributed by atoms with van der Waals surface area (Å²) in [5.41, 5.74) is 0.408. The van der Waals surface area contributed by atoms with Crippen molar-refractivity contribution in [1.29, 1.82) is 0 Å². The van der Waals surface area contributed by atoms with E-state index in [1.165, 1.54) is 12.1 Å². The first-order chi connectivity index (χ1) is 13.0. The molecular weight excluding hydrogens is 356 g/mol. The lowest BCUT2D eigenvalue weighted by molar-refractivity contribution is -0.143. The lowest BCUT2D eigenvalue weighted by Gasteiger charge is -2.34. The second kappa shape index (κ2) is 6.10. The molecule has 8 heteroatoms. The summed E-state index contributed by atoms with van der Waals surface area (Å²) < 4.78 is 38.3. The van der Waals surface area contributed by atoms with Crippen LogP contribution in [0.25, 0.3) is 11.5 Å². The number of amides is 1. The molecule has 0 unspecified atom stereocenters. The first kappa shape index (κ1) is 16.8. The van der Waals surface area contributed by atoms with Crippen molar-refractivity contribution in [3.8, 4) is 11.5 Å². The molecule has 0 aliphatic carbocycles. The van der Waals surface area contributed by atoms with Crippen molar-refractivity contribution in [1.82, 2.24) is 15.2 Å². The summed E-state index contributed by atoms with van der Waals surface area (Å²) in [7, 11) is 0. The van der Waals surface area contributed by atoms with Gasteiger partial charge in [-0.05, 0) is 12.1 Å². The minimum atomic E-state index is -0.682. The van der Waals surface area contributed by atoms with E-state index in [-0.39, 0.29) is 23.3 Å². The third kappa shape index (κ3) is 2.66. The maximum absolute atomic E-state index is 13.5. The predicted molar refractivity (Wildman–Crippen MR) is 90.6 cm³/mol. The van der Waals surface area contributed by atoms with Crippen LogP contribution in [0.1, 0.15) is 11.5 Å². The quantitative estimate of drug-likeness (QED) is 0.866. The van der Waals surface area contributed by atoms with Gasteiger partial charge in [0.25, 0.3) is 0 Å². The molecule has 0 bridgehead atoms. The van der Waals surface area contributed by atoms with Gasteiger partial charge < -0.3 is 19.4 Å². The number of carbonyl (C=O) groups excluding carboxylic acids is 1. The molecule has 1 N–H and O–H groups in total. The molecule has 3 aliphatic heterocycles. The zero-order valence-electron chi connectivity index (χ0n) is 14.6. The smallest absolute Gasteiger partial charge is 0.233 e. The number of hydrogen-bond acceptors (Lipinski definition) is 5. The third-order valence-corrected chi connectivity index (χ3v) is 5.84. The summed E-state index contributed by atoms with van der Waals surface area (Å²) in [4.78, 5) is 19.4. The molecule has 2 saturated heterocycles. The number of benzene rings is 1. The maximum atomic E-state index is 13.5. The molecule has 27 heavy (non-hydrogen) atoms. The van der Waals surface area contributed by atoms with Crippen LogP contribution in [0.4, 0.5) is 8.78 Å². The fourth-order valence-corrected chi connectivity index (χ4v) is 4.38. The molecule has 0 saturated carbocycles. The van der Waals surface area contributed by atoms with E-state index < -0.39 is 17.0 Å². The van der Waals surface area contributed by atoms with Crippen molar-refractivity contribution < 1.29 is 22.7 Å². The highest BCUT2D eigenvalue weighted by atomic mass is 19.1. The number of oxazole rings is 1. The van der Waals surface area contributed by atoms with E-state index in [0.29, 0.717) is 50.7 Å². The summed E-state index contributed by atoms with van der Waals surface area (Å²) >= 11 is 0. The fraction of sp³-hybridized carbons (Fsp3) is 0.474. The van der Waals surface area contributed by atoms with Crippen molar-refractivity contribution in [3.63, 3.8) is 0 Å². The second-order valence-electron chi connectivity index (χ2n) is 7.52. The number of fused-ring (bicyclic) bond motifs is 2. The van der Waals surface area contributed by atoms with Crippen molar-refractivity contribution in [2.45, 2.75) is 13.0 Å². The number of aromatic nitrogens is 1. The zero-order chi connectivity index (χ0) is 18.6. The second-order valence-corrected chi connectivity index (χ2v) is 7.52. The first-order valence-corrected chi connectivity index (χ1v) is 9.08. The van der Waals surface area contributed by atoms with Crippen LogP contribution in [0.5, 0.6) is 0 Å². The first-order valence-electron chi connectivity index (χ1n) is 9.08. The van der Waals surface area contributed by atoms with Crippen LogP contribution in [-0.4, -0.2) is 48.6 Å². The molecule has 1 amide bonds. The largest absolute Gasteiger partial charge is 0.441 e. The molecule has 6 nitrogen and oxygen atoms in total. The molecule has 2 aromatic rings. The summed E-state index contributed by atoms with van der Waals surface area (Å²) in [6.45, 7) is 3.35. The van der Waals surface area contributed by atoms with Crippen molar-refractivity contribution in [3.05, 3.63) is 41.3 Å². The van der Waals surface area contributed by atoms with Crippen LogP contribution in [-0.2, 0) is 22.5 Å². The third-order valence-electron chi connectivity index (χ3n) is 5.84. The Morgan fingerprint density at radius 1 is 1.30 bits per heavy atom. The van der Waals surface area contributed by atoms with Gasteiger partial charge in [0.15, 0.2) is 0 Å². The van der Waals surface area contributed by atoms with Crippen LogP contribution >= 0.6 is 0 Å². The summed E-state index contributed by atoms with van der Waals surface area (Å²) in [5.74, 6) is -0.233. The highest BCUT2D eigenvalue weighted by Gasteiger charge is 2.54. The predicted octanol–water partition coefficient (Wildman–Crippen LogP) is 1.74. The molecule has 142 valence electrons. The standard InChI is InChI=1S/C19H19F2N3O3/c20-13-3-11(4-14(21)5-13)17-23-15-7-24(2-1-16(15)27-17)18(25)19-9-22-6-12(19)8-26-10-19/h3-5,12,22H,1-2,6-10H2/t12-,19-/m0/s1. The Labute approximate surface area is 154 Å². The molecular formula is C19H19F2N3O3. The highest BCUT2D eigenvalue weighted by Crippen LogP contribution is 2.40. The van der Waals surface area contributed by atoms with Gasteiger partial charge in [0.05, 0.1) is 25.2 Å². The normalized spacial score (nSPS) is 26.9. The van der Waals surface area contributed by atoms with Gasteiger partial charge in [-0.3, -0.25) is 4.79 Å². The molecule has 0 radical (unpaired) electrons. The topological polar surface area (TPSA) is 67.6 Å². The monoisotopic (exact) mass is 375 g/mol. The lowest BCUT2D eigenvalue weighted by atomic mass is 9.79. The van der Waals surface area contributed by atoms with Crippen LogP contribution in [0.2, 0.25) is 0 Å². The number of halogens is 2. The number of hydrogen-bond donors (Lipinski definition) is 1. The number of nitrogens with one attached hydrogen (secondary N) is 1. The highest BCUT2D eigenvalue weighted by molar-refractivity contribution is 5.84. The van der Waals surface area contributed by atoms with Crippen molar-refractivity contribution in [2.24, 2.45) is 11.3 Å². The van der Waals surface area contributed by atoms with E-state index in [4.69, 9.17) is 9.15 Å². The Hall–Kier alpha value is -2.32. The SMILES string of the molecule is O=C(N1CCc2oc(-c3cc(F)cc(F)c3)nc2C1)[C@]12CNC[C@H]1COC2. The van der Waals surface area contributed by atoms with Crippen LogP contribution < -0.4 is 5.32 Å². The Kier molecular flexibility index (Phi) is 3.80. The summed E-state index contributed by atoms with van der Waals surface area (Å²) in [5, 5.41) is 3.31. The lowest BCUT2D eigenvalue weighted by Crippen LogP contribution is -2.50. The van der Waals surface area contributed by atoms with Gasteiger partial charge in [-0.2, -0.15) is 0 Å². The Balaban J connectivity index is 1.40. The van der Waals surface area contributed by atoms with Gasteiger partial charge in [0, 0.05) is 43.6 Å². The average molecular weight is 375 g/mol. The Morgan fingerprint density at radius 3 is 2.93 bits per heavy atom. The van der Waals surface area contributed by atoms with Gasteiger partial charge in [-0.1, -0.05) is 0 Å². The molecule has 5 rings (SSSR count). The zero-order valence-corrected chi connectivity index (χ0v) is 14.6. The molecule has 0 spiro atoms. The van der Waals surface area contributed by atoms with E-state index in [1.54, 1.807) is 4.90 Å². The van der Waals surface area contributed by atoms with Gasteiger partial charge in [0.1, 0.15) is 23.1 Å². The van der Waals surface area contributed by atoms with Gasteiger partial charge >= 0.3 is 0 Å². The van der Waals surface area contributed by atoms with E-state index in [1.807, 2.05) is 0 Å². The van der Waals surface area contributed by atoms with E-state index >= 15 is 0 Å². The average Bonchev–Trinajstić information content (AvgIpc) is 3.33. The fourth-order valence-electron chi connectivity index (χ4n) is 4.38. The minimum Gasteiger partial charge on any atom is -0.441 e. The minimum absolute atomic E-state index is 0.0852. The molecule has 2 atom stereocenters. The number of rotatable bonds is 2. The van der Waals surface area contributed by atoms with Crippen LogP contribution in [0, 0.1) is 23.0 Å². The molecule has 2 fully saturated rings. The Morgan fingerprint density at radius 2 is 2.11 bits per heavy atom. The number of carbonyl (C=O) groups is 1. The molecule has 1 aromatic carbocycles. The van der Waals surface area contributed by atoms with Gasteiger partial charge in [-0.15, -0.1) is 0 Å². The van der Waals surface area contributed by atoms with Crippen LogP contribution in [0.15, 0.2) is 22.6 Å². The Bertz CT molecular complexity index is 883. The molecule has 4 heterocycles. The van der Waals surface area contributed by atoms with Crippen molar-refractivity contribution >= 4 is 5.91 Å². The van der Waals surface area contributed by atoms with Gasteiger partial charge in [-0.25, -0.2) is 13.8 Å². The van der Waals surface area contributed by atoms with Crippen LogP contribution in [0.3, 0.4) is 0 Å². The number of ether oxygens (including phenoxy) is 1. The van der Waals surface area contributed by atoms with E-state index in [0.717, 1.165) is 12.6 Å². The van der Waals surface area contributed by atoms with Crippen molar-refractivity contribution in [2.75, 3.05) is 32.8 Å². The molecule has 3 aliphatic rings. The number of nitrogens with zero attached hydrogens (tertiary/aromatic N) is 2. The van der Waals surface area contributed by atoms with E-state index in [9.17, 15) is 13.6 Å². The summed E-state index contributed by atoms with van der Waals surface area (Å²) in [6, 6.07) is 3.18. The van der Waals surface area contributed by atoms with E-state index in [2.05, 4.69) is 10.3 Å². The maximum Gasteiger partial charge on any atom is 0.233 e.